The van der Waals surface area contributed by atoms with Gasteiger partial charge in [0.1, 0.15) is 5.75 Å². The fourth-order valence-electron chi connectivity index (χ4n) is 1.82. The Labute approximate surface area is 122 Å². The quantitative estimate of drug-likeness (QED) is 0.436. The molecule has 4 heteroatoms. The lowest BCUT2D eigenvalue weighted by Crippen LogP contribution is -2.37. The van der Waals surface area contributed by atoms with Crippen molar-refractivity contribution in [2.75, 3.05) is 19.7 Å². The van der Waals surface area contributed by atoms with E-state index in [0.717, 1.165) is 36.8 Å². The van der Waals surface area contributed by atoms with E-state index in [9.17, 15) is 0 Å². The molecule has 20 heavy (non-hydrogen) atoms. The molecule has 0 aromatic heterocycles. The van der Waals surface area contributed by atoms with Crippen LogP contribution in [0.1, 0.15) is 39.2 Å². The highest BCUT2D eigenvalue weighted by Gasteiger charge is 2.02. The largest absolute Gasteiger partial charge is 0.494 e. The maximum absolute atomic E-state index is 5.62. The maximum Gasteiger partial charge on any atom is 0.191 e. The normalized spacial score (nSPS) is 11.2. The molecule has 0 saturated heterocycles. The molecule has 1 aromatic carbocycles. The smallest absolute Gasteiger partial charge is 0.191 e. The van der Waals surface area contributed by atoms with Gasteiger partial charge >= 0.3 is 0 Å². The molecule has 0 unspecified atom stereocenters. The van der Waals surface area contributed by atoms with E-state index in [1.807, 2.05) is 25.1 Å². The molecule has 0 radical (unpaired) electrons. The molecule has 0 bridgehead atoms. The Bertz CT molecular complexity index is 404. The Morgan fingerprint density at radius 3 is 2.65 bits per heavy atom. The Balaban J connectivity index is 2.65. The number of nitrogens with one attached hydrogen (secondary N) is 2. The second-order valence-corrected chi connectivity index (χ2v) is 4.52. The third kappa shape index (κ3) is 5.95. The van der Waals surface area contributed by atoms with Crippen molar-refractivity contribution >= 4 is 5.96 Å². The number of para-hydroxylation sites is 1. The molecular weight excluding hydrogens is 250 g/mol. The van der Waals surface area contributed by atoms with E-state index in [4.69, 9.17) is 4.74 Å². The highest BCUT2D eigenvalue weighted by molar-refractivity contribution is 5.79. The summed E-state index contributed by atoms with van der Waals surface area (Å²) >= 11 is 0. The van der Waals surface area contributed by atoms with E-state index in [1.54, 1.807) is 0 Å². The second-order valence-electron chi connectivity index (χ2n) is 4.52. The number of unbranched alkanes of at least 4 members (excludes halogenated alkanes) is 1. The summed E-state index contributed by atoms with van der Waals surface area (Å²) < 4.78 is 5.62. The van der Waals surface area contributed by atoms with E-state index in [1.165, 1.54) is 6.42 Å². The van der Waals surface area contributed by atoms with Crippen molar-refractivity contribution in [3.05, 3.63) is 29.8 Å². The van der Waals surface area contributed by atoms with Gasteiger partial charge < -0.3 is 15.4 Å². The van der Waals surface area contributed by atoms with E-state index >= 15 is 0 Å². The SMILES string of the molecule is CCCCNC(=NCc1ccccc1OCC)NCC. The van der Waals surface area contributed by atoms with Gasteiger partial charge in [0.2, 0.25) is 0 Å². The van der Waals surface area contributed by atoms with E-state index in [-0.39, 0.29) is 0 Å². The molecular formula is C16H27N3O. The molecule has 1 aromatic rings. The van der Waals surface area contributed by atoms with Gasteiger partial charge in [-0.05, 0) is 26.3 Å². The van der Waals surface area contributed by atoms with Crippen molar-refractivity contribution in [1.82, 2.24) is 10.6 Å². The molecule has 0 heterocycles. The van der Waals surface area contributed by atoms with Gasteiger partial charge in [-0.2, -0.15) is 0 Å². The van der Waals surface area contributed by atoms with Gasteiger partial charge in [-0.1, -0.05) is 31.5 Å². The third-order valence-corrected chi connectivity index (χ3v) is 2.85. The predicted octanol–water partition coefficient (Wildman–Crippen LogP) is 2.94. The molecule has 0 aliphatic rings. The van der Waals surface area contributed by atoms with Crippen LogP contribution in [0.4, 0.5) is 0 Å². The topological polar surface area (TPSA) is 45.7 Å². The number of guanidine groups is 1. The summed E-state index contributed by atoms with van der Waals surface area (Å²) in [6.45, 7) is 9.37. The van der Waals surface area contributed by atoms with Gasteiger partial charge in [0.15, 0.2) is 5.96 Å². The van der Waals surface area contributed by atoms with Crippen LogP contribution in [0.3, 0.4) is 0 Å². The molecule has 2 N–H and O–H groups in total. The van der Waals surface area contributed by atoms with E-state index in [0.29, 0.717) is 13.2 Å². The molecule has 4 nitrogen and oxygen atoms in total. The average molecular weight is 277 g/mol. The van der Waals surface area contributed by atoms with Gasteiger partial charge in [0.25, 0.3) is 0 Å². The van der Waals surface area contributed by atoms with Crippen LogP contribution in [0.15, 0.2) is 29.3 Å². The predicted molar refractivity (Wildman–Crippen MR) is 85.3 cm³/mol. The lowest BCUT2D eigenvalue weighted by Gasteiger charge is -2.12. The molecule has 112 valence electrons. The van der Waals surface area contributed by atoms with Crippen molar-refractivity contribution in [2.45, 2.75) is 40.2 Å². The maximum atomic E-state index is 5.62. The lowest BCUT2D eigenvalue weighted by atomic mass is 10.2. The van der Waals surface area contributed by atoms with Crippen LogP contribution < -0.4 is 15.4 Å². The zero-order valence-electron chi connectivity index (χ0n) is 12.9. The first kappa shape index (κ1) is 16.3. The number of hydrogen-bond donors (Lipinski definition) is 2. The van der Waals surface area contributed by atoms with Crippen molar-refractivity contribution in [2.24, 2.45) is 4.99 Å². The fourth-order valence-corrected chi connectivity index (χ4v) is 1.82. The summed E-state index contributed by atoms with van der Waals surface area (Å²) in [5, 5.41) is 6.60. The van der Waals surface area contributed by atoms with E-state index in [2.05, 4.69) is 35.5 Å². The highest BCUT2D eigenvalue weighted by Crippen LogP contribution is 2.18. The minimum atomic E-state index is 0.623. The summed E-state index contributed by atoms with van der Waals surface area (Å²) in [4.78, 5) is 4.61. The molecule has 0 aliphatic carbocycles. The Morgan fingerprint density at radius 2 is 1.95 bits per heavy atom. The first-order valence-electron chi connectivity index (χ1n) is 7.54. The van der Waals surface area contributed by atoms with Crippen LogP contribution in [-0.4, -0.2) is 25.7 Å². The van der Waals surface area contributed by atoms with Gasteiger partial charge in [-0.3, -0.25) is 0 Å². The molecule has 1 rings (SSSR count). The van der Waals surface area contributed by atoms with Gasteiger partial charge in [0, 0.05) is 18.7 Å². The minimum absolute atomic E-state index is 0.623. The highest BCUT2D eigenvalue weighted by atomic mass is 16.5. The Hall–Kier alpha value is -1.71. The number of aliphatic imine (C=N–C) groups is 1. The Kier molecular flexibility index (Phi) is 8.27. The average Bonchev–Trinajstić information content (AvgIpc) is 2.46. The van der Waals surface area contributed by atoms with Crippen LogP contribution >= 0.6 is 0 Å². The summed E-state index contributed by atoms with van der Waals surface area (Å²) in [7, 11) is 0. The number of ether oxygens (including phenoxy) is 1. The fraction of sp³-hybridized carbons (Fsp3) is 0.562. The second kappa shape index (κ2) is 10.1. The first-order chi connectivity index (χ1) is 9.81. The van der Waals surface area contributed by atoms with Gasteiger partial charge in [0.05, 0.1) is 13.2 Å². The number of benzene rings is 1. The van der Waals surface area contributed by atoms with Crippen LogP contribution in [-0.2, 0) is 6.54 Å². The van der Waals surface area contributed by atoms with Crippen LogP contribution in [0.5, 0.6) is 5.75 Å². The monoisotopic (exact) mass is 277 g/mol. The molecule has 0 atom stereocenters. The Morgan fingerprint density at radius 1 is 1.15 bits per heavy atom. The number of nitrogens with zero attached hydrogens (tertiary/aromatic N) is 1. The van der Waals surface area contributed by atoms with Gasteiger partial charge in [-0.25, -0.2) is 4.99 Å². The van der Waals surface area contributed by atoms with Crippen molar-refractivity contribution in [1.29, 1.82) is 0 Å². The van der Waals surface area contributed by atoms with Crippen molar-refractivity contribution < 1.29 is 4.74 Å². The third-order valence-electron chi connectivity index (χ3n) is 2.85. The zero-order valence-corrected chi connectivity index (χ0v) is 12.9. The minimum Gasteiger partial charge on any atom is -0.494 e. The molecule has 0 aliphatic heterocycles. The van der Waals surface area contributed by atoms with Crippen LogP contribution in [0.25, 0.3) is 0 Å². The van der Waals surface area contributed by atoms with Gasteiger partial charge in [-0.15, -0.1) is 0 Å². The first-order valence-corrected chi connectivity index (χ1v) is 7.54. The number of hydrogen-bond acceptors (Lipinski definition) is 2. The lowest BCUT2D eigenvalue weighted by molar-refractivity contribution is 0.336. The standard InChI is InChI=1S/C16H27N3O/c1-4-7-12-18-16(17-5-2)19-13-14-10-8-9-11-15(14)20-6-3/h8-11H,4-7,12-13H2,1-3H3,(H2,17,18,19). The summed E-state index contributed by atoms with van der Waals surface area (Å²) in [6.07, 6.45) is 2.33. The number of rotatable bonds is 8. The molecule has 0 amide bonds. The van der Waals surface area contributed by atoms with Crippen molar-refractivity contribution in [3.63, 3.8) is 0 Å². The zero-order chi connectivity index (χ0) is 14.6. The summed E-state index contributed by atoms with van der Waals surface area (Å²) in [6, 6.07) is 8.06. The van der Waals surface area contributed by atoms with Crippen LogP contribution in [0.2, 0.25) is 0 Å². The summed E-state index contributed by atoms with van der Waals surface area (Å²) in [5.41, 5.74) is 1.11. The summed E-state index contributed by atoms with van der Waals surface area (Å²) in [5.74, 6) is 1.79. The molecule has 0 fully saturated rings. The molecule has 0 spiro atoms. The van der Waals surface area contributed by atoms with Crippen LogP contribution in [0, 0.1) is 0 Å². The van der Waals surface area contributed by atoms with Crippen molar-refractivity contribution in [3.8, 4) is 5.75 Å². The molecule has 0 saturated carbocycles. The van der Waals surface area contributed by atoms with E-state index < -0.39 is 0 Å².